The number of nitrogens with zero attached hydrogens (tertiary/aromatic N) is 2. The molecular formula is C25H24Cl2N2S. The molecule has 3 fully saturated rings. The van der Waals surface area contributed by atoms with Crippen LogP contribution in [0.2, 0.25) is 10.0 Å². The average Bonchev–Trinajstić information content (AvgIpc) is 3.31. The zero-order valence-corrected chi connectivity index (χ0v) is 19.0. The Balaban J connectivity index is 1.62. The van der Waals surface area contributed by atoms with E-state index in [1.165, 1.54) is 29.0 Å². The van der Waals surface area contributed by atoms with Gasteiger partial charge >= 0.3 is 0 Å². The Morgan fingerprint density at radius 3 is 2.50 bits per heavy atom. The van der Waals surface area contributed by atoms with Gasteiger partial charge in [0.2, 0.25) is 0 Å². The topological polar surface area (TPSA) is 15.6 Å². The molecule has 4 heterocycles. The number of halogens is 2. The van der Waals surface area contributed by atoms with Crippen molar-refractivity contribution in [3.8, 4) is 0 Å². The predicted octanol–water partition coefficient (Wildman–Crippen LogP) is 6.92. The number of thiophene rings is 1. The van der Waals surface area contributed by atoms with E-state index in [4.69, 9.17) is 28.2 Å². The van der Waals surface area contributed by atoms with E-state index >= 15 is 0 Å². The van der Waals surface area contributed by atoms with Gasteiger partial charge in [-0.15, -0.1) is 11.3 Å². The van der Waals surface area contributed by atoms with Crippen molar-refractivity contribution < 1.29 is 0 Å². The number of rotatable bonds is 5. The maximum Gasteiger partial charge on any atom is 0.0732 e. The second kappa shape index (κ2) is 8.84. The molecule has 2 aromatic carbocycles. The molecule has 0 N–H and O–H groups in total. The molecule has 2 bridgehead atoms. The molecule has 30 heavy (non-hydrogen) atoms. The number of hydrogen-bond donors (Lipinski definition) is 0. The van der Waals surface area contributed by atoms with Gasteiger partial charge in [0.25, 0.3) is 0 Å². The first-order valence-electron chi connectivity index (χ1n) is 10.5. The molecule has 3 aliphatic rings. The average molecular weight is 455 g/mol. The summed E-state index contributed by atoms with van der Waals surface area (Å²) in [5, 5.41) is 3.40. The lowest BCUT2D eigenvalue weighted by atomic mass is 9.72. The van der Waals surface area contributed by atoms with Crippen LogP contribution in [0.4, 0.5) is 0 Å². The lowest BCUT2D eigenvalue weighted by molar-refractivity contribution is 0.135. The minimum Gasteiger partial charge on any atom is -0.294 e. The van der Waals surface area contributed by atoms with Gasteiger partial charge in [-0.05, 0) is 54.6 Å². The smallest absolute Gasteiger partial charge is 0.0732 e. The first-order chi connectivity index (χ1) is 14.7. The van der Waals surface area contributed by atoms with E-state index in [2.05, 4.69) is 58.8 Å². The predicted molar refractivity (Wildman–Crippen MR) is 128 cm³/mol. The molecule has 3 aromatic rings. The lowest BCUT2D eigenvalue weighted by Gasteiger charge is -2.49. The summed E-state index contributed by atoms with van der Waals surface area (Å²) in [5.74, 6) is 0.673. The second-order valence-electron chi connectivity index (χ2n) is 8.11. The van der Waals surface area contributed by atoms with Crippen molar-refractivity contribution in [3.63, 3.8) is 0 Å². The molecule has 154 valence electrons. The summed E-state index contributed by atoms with van der Waals surface area (Å²) in [6.45, 7) is 3.00. The summed E-state index contributed by atoms with van der Waals surface area (Å²) in [4.78, 5) is 9.15. The van der Waals surface area contributed by atoms with Gasteiger partial charge in [-0.25, -0.2) is 0 Å². The number of hydrogen-bond acceptors (Lipinski definition) is 3. The fourth-order valence-electron chi connectivity index (χ4n) is 5.03. The Labute approximate surface area is 192 Å². The van der Waals surface area contributed by atoms with Gasteiger partial charge in [0.05, 0.1) is 22.6 Å². The molecule has 0 aliphatic carbocycles. The maximum atomic E-state index is 6.78. The van der Waals surface area contributed by atoms with E-state index in [-0.39, 0.29) is 12.0 Å². The van der Waals surface area contributed by atoms with Crippen LogP contribution < -0.4 is 0 Å². The van der Waals surface area contributed by atoms with Crippen molar-refractivity contribution in [3.05, 3.63) is 92.1 Å². The van der Waals surface area contributed by atoms with E-state index in [0.717, 1.165) is 25.2 Å². The van der Waals surface area contributed by atoms with E-state index in [1.807, 2.05) is 12.1 Å². The Kier molecular flexibility index (Phi) is 5.97. The SMILES string of the molecule is Clc1cccc(C(c2ccccc2)C2C(=NCc3cccs3)C3CCN2CC3)c1Cl. The number of fused-ring (bicyclic) bond motifs is 3. The molecule has 6 rings (SSSR count). The minimum absolute atomic E-state index is 0.114. The van der Waals surface area contributed by atoms with Gasteiger partial charge in [0.15, 0.2) is 0 Å². The Hall–Kier alpha value is -1.65. The Bertz CT molecular complexity index is 1020. The summed E-state index contributed by atoms with van der Waals surface area (Å²) < 4.78 is 0. The zero-order valence-electron chi connectivity index (χ0n) is 16.7. The van der Waals surface area contributed by atoms with Crippen molar-refractivity contribution in [2.24, 2.45) is 10.9 Å². The summed E-state index contributed by atoms with van der Waals surface area (Å²) in [7, 11) is 0. The van der Waals surface area contributed by atoms with E-state index < -0.39 is 0 Å². The third-order valence-corrected chi connectivity index (χ3v) is 8.13. The van der Waals surface area contributed by atoms with Crippen LogP contribution in [0.5, 0.6) is 0 Å². The molecular weight excluding hydrogens is 431 g/mol. The fourth-order valence-corrected chi connectivity index (χ4v) is 6.08. The number of benzene rings is 2. The van der Waals surface area contributed by atoms with Gasteiger partial charge in [-0.3, -0.25) is 9.89 Å². The van der Waals surface area contributed by atoms with Crippen LogP contribution in [-0.4, -0.2) is 29.7 Å². The van der Waals surface area contributed by atoms with Crippen molar-refractivity contribution in [1.82, 2.24) is 4.90 Å². The van der Waals surface area contributed by atoms with Crippen LogP contribution in [0.25, 0.3) is 0 Å². The third-order valence-electron chi connectivity index (χ3n) is 6.43. The molecule has 0 radical (unpaired) electrons. The first-order valence-corrected chi connectivity index (χ1v) is 12.2. The summed E-state index contributed by atoms with van der Waals surface area (Å²) in [5.41, 5.74) is 3.70. The highest BCUT2D eigenvalue weighted by Crippen LogP contribution is 2.43. The van der Waals surface area contributed by atoms with E-state index in [1.54, 1.807) is 11.3 Å². The maximum absolute atomic E-state index is 6.78. The summed E-state index contributed by atoms with van der Waals surface area (Å²) >= 11 is 15.0. The minimum atomic E-state index is 0.114. The molecule has 0 amide bonds. The van der Waals surface area contributed by atoms with Crippen LogP contribution in [0.1, 0.15) is 34.8 Å². The Morgan fingerprint density at radius 2 is 1.77 bits per heavy atom. The highest BCUT2D eigenvalue weighted by atomic mass is 35.5. The lowest BCUT2D eigenvalue weighted by Crippen LogP contribution is -2.58. The molecule has 5 heteroatoms. The standard InChI is InChI=1S/C25H24Cl2N2S/c26-21-10-4-9-20(23(21)27)22(17-6-2-1-3-7-17)25-24(18-11-13-29(25)14-12-18)28-16-19-8-5-15-30-19/h1-10,15,18,22,25H,11-14,16H2. The van der Waals surface area contributed by atoms with Gasteiger partial charge in [-0.1, -0.05) is 71.7 Å². The van der Waals surface area contributed by atoms with Crippen LogP contribution in [-0.2, 0) is 6.54 Å². The van der Waals surface area contributed by atoms with E-state index in [9.17, 15) is 0 Å². The number of aliphatic imine (C=N–C) groups is 1. The number of piperidine rings is 3. The van der Waals surface area contributed by atoms with Gasteiger partial charge in [-0.2, -0.15) is 0 Å². The highest BCUT2D eigenvalue weighted by Gasteiger charge is 2.44. The zero-order chi connectivity index (χ0) is 20.5. The van der Waals surface area contributed by atoms with Gasteiger partial charge in [0, 0.05) is 22.4 Å². The monoisotopic (exact) mass is 454 g/mol. The molecule has 2 atom stereocenters. The van der Waals surface area contributed by atoms with Crippen molar-refractivity contribution >= 4 is 40.3 Å². The largest absolute Gasteiger partial charge is 0.294 e. The van der Waals surface area contributed by atoms with Crippen molar-refractivity contribution in [2.45, 2.75) is 31.3 Å². The Morgan fingerprint density at radius 1 is 0.967 bits per heavy atom. The van der Waals surface area contributed by atoms with Crippen LogP contribution in [0, 0.1) is 5.92 Å². The van der Waals surface area contributed by atoms with E-state index in [0.29, 0.717) is 16.0 Å². The third kappa shape index (κ3) is 3.85. The van der Waals surface area contributed by atoms with Gasteiger partial charge in [0.1, 0.15) is 0 Å². The highest BCUT2D eigenvalue weighted by molar-refractivity contribution is 7.09. The van der Waals surface area contributed by atoms with Gasteiger partial charge < -0.3 is 0 Å². The van der Waals surface area contributed by atoms with Crippen molar-refractivity contribution in [1.29, 1.82) is 0 Å². The second-order valence-corrected chi connectivity index (χ2v) is 9.92. The molecule has 0 saturated carbocycles. The summed E-state index contributed by atoms with van der Waals surface area (Å²) in [6.07, 6.45) is 2.40. The summed E-state index contributed by atoms with van der Waals surface area (Å²) in [6, 6.07) is 21.2. The molecule has 2 nitrogen and oxygen atoms in total. The first kappa shape index (κ1) is 20.3. The van der Waals surface area contributed by atoms with Crippen LogP contribution in [0.3, 0.4) is 0 Å². The molecule has 2 unspecified atom stereocenters. The molecule has 0 spiro atoms. The molecule has 3 saturated heterocycles. The molecule has 3 aliphatic heterocycles. The fraction of sp³-hybridized carbons (Fsp3) is 0.320. The van der Waals surface area contributed by atoms with Crippen molar-refractivity contribution in [2.75, 3.05) is 13.1 Å². The molecule has 1 aromatic heterocycles. The van der Waals surface area contributed by atoms with Crippen LogP contribution in [0.15, 0.2) is 71.0 Å². The van der Waals surface area contributed by atoms with Crippen LogP contribution >= 0.6 is 34.5 Å². The quantitative estimate of drug-likeness (QED) is 0.408. The normalized spacial score (nSPS) is 25.5.